The van der Waals surface area contributed by atoms with Gasteiger partial charge in [0.1, 0.15) is 11.4 Å². The third kappa shape index (κ3) is 2.88. The second-order valence-electron chi connectivity index (χ2n) is 8.34. The van der Waals surface area contributed by atoms with Gasteiger partial charge < -0.3 is 30.5 Å². The van der Waals surface area contributed by atoms with E-state index in [9.17, 15) is 28.6 Å². The lowest BCUT2D eigenvalue weighted by Crippen LogP contribution is -2.80. The van der Waals surface area contributed by atoms with Gasteiger partial charge in [0, 0.05) is 6.26 Å². The molecule has 0 aliphatic carbocycles. The van der Waals surface area contributed by atoms with Crippen LogP contribution in [0.2, 0.25) is 0 Å². The van der Waals surface area contributed by atoms with E-state index in [0.29, 0.717) is 5.06 Å². The van der Waals surface area contributed by atoms with Crippen LogP contribution in [0.15, 0.2) is 41.6 Å². The van der Waals surface area contributed by atoms with Crippen molar-refractivity contribution < 1.29 is 33.4 Å². The summed E-state index contributed by atoms with van der Waals surface area (Å²) in [5.74, 6) is -0.929. The Kier molecular flexibility index (Phi) is 4.93. The molecule has 0 saturated carbocycles. The Labute approximate surface area is 184 Å². The lowest BCUT2D eigenvalue weighted by molar-refractivity contribution is -0.242. The molecule has 6 N–H and O–H groups in total. The van der Waals surface area contributed by atoms with Gasteiger partial charge in [-0.2, -0.15) is 0 Å². The van der Waals surface area contributed by atoms with Gasteiger partial charge in [0.2, 0.25) is 0 Å². The van der Waals surface area contributed by atoms with E-state index in [1.54, 1.807) is 0 Å². The number of benzene rings is 1. The standard InChI is InChI=1S/C19H25N5O7S/c1-10-21-15-13(9-25)22-17(20)23-8-14(18(2,27)19(15,23)24(10)28)31-16(26)11-4-6-12(7-5-11)32(3,29)30/h4-7,13-15,21,25,27-28H,1,8-9H2,2-3H3,(H2,20,22)/t13?,14-,15?,18-,19?/m0/s1. The second-order valence-corrected chi connectivity index (χ2v) is 10.4. The normalized spacial score (nSPS) is 34.0. The zero-order valence-electron chi connectivity index (χ0n) is 17.4. The van der Waals surface area contributed by atoms with Crippen molar-refractivity contribution in [1.82, 2.24) is 20.6 Å². The molecular weight excluding hydrogens is 442 g/mol. The molecule has 3 aliphatic rings. The number of guanidine groups is 1. The maximum Gasteiger partial charge on any atom is 0.338 e. The van der Waals surface area contributed by atoms with Crippen molar-refractivity contribution in [3.05, 3.63) is 42.2 Å². The van der Waals surface area contributed by atoms with Crippen LogP contribution < -0.4 is 10.6 Å². The monoisotopic (exact) mass is 467 g/mol. The Balaban J connectivity index is 1.67. The number of hydrogen-bond acceptors (Lipinski definition) is 10. The summed E-state index contributed by atoms with van der Waals surface area (Å²) in [6.45, 7) is 4.57. The number of carbonyl (C=O) groups excluding carboxylic acids is 1. The Morgan fingerprint density at radius 2 is 1.97 bits per heavy atom. The van der Waals surface area contributed by atoms with Crippen molar-refractivity contribution in [3.8, 4) is 0 Å². The topological polar surface area (TPSA) is 176 Å². The third-order valence-corrected chi connectivity index (χ3v) is 7.55. The smallest absolute Gasteiger partial charge is 0.338 e. The van der Waals surface area contributed by atoms with Crippen molar-refractivity contribution in [3.63, 3.8) is 0 Å². The maximum atomic E-state index is 12.8. The summed E-state index contributed by atoms with van der Waals surface area (Å²) >= 11 is 0. The highest BCUT2D eigenvalue weighted by Crippen LogP contribution is 2.50. The second kappa shape index (κ2) is 7.07. The minimum absolute atomic E-state index is 0.0433. The quantitative estimate of drug-likeness (QED) is 0.282. The average molecular weight is 468 g/mol. The van der Waals surface area contributed by atoms with Crippen LogP contribution in [-0.4, -0.2) is 94.6 Å². The molecule has 5 atom stereocenters. The molecule has 32 heavy (non-hydrogen) atoms. The summed E-state index contributed by atoms with van der Waals surface area (Å²) in [5, 5.41) is 47.1. The van der Waals surface area contributed by atoms with Crippen molar-refractivity contribution >= 4 is 21.8 Å². The summed E-state index contributed by atoms with van der Waals surface area (Å²) in [5.41, 5.74) is -3.52. The van der Waals surface area contributed by atoms with Crippen LogP contribution in [0.3, 0.4) is 0 Å². The number of ether oxygens (including phenoxy) is 1. The van der Waals surface area contributed by atoms with E-state index < -0.39 is 51.9 Å². The molecule has 3 unspecified atom stereocenters. The minimum Gasteiger partial charge on any atom is -0.454 e. The van der Waals surface area contributed by atoms with Gasteiger partial charge in [-0.25, -0.2) is 18.3 Å². The fourth-order valence-corrected chi connectivity index (χ4v) is 5.43. The number of sulfone groups is 1. The SMILES string of the molecule is C=C1NC2C(CO)NC(=N)N3C[C@H](OC(=O)c4ccc(S(C)(=O)=O)cc4)[C@](C)(O)C23N1O. The van der Waals surface area contributed by atoms with Gasteiger partial charge in [-0.3, -0.25) is 10.6 Å². The Morgan fingerprint density at radius 3 is 2.53 bits per heavy atom. The lowest BCUT2D eigenvalue weighted by Gasteiger charge is -2.53. The molecule has 4 rings (SSSR count). The van der Waals surface area contributed by atoms with E-state index in [1.807, 2.05) is 0 Å². The van der Waals surface area contributed by atoms with E-state index in [0.717, 1.165) is 6.26 Å². The number of nitrogens with zero attached hydrogens (tertiary/aromatic N) is 2. The molecular formula is C19H25N5O7S. The number of nitrogens with one attached hydrogen (secondary N) is 3. The van der Waals surface area contributed by atoms with Crippen molar-refractivity contribution in [2.45, 2.75) is 41.3 Å². The van der Waals surface area contributed by atoms with Crippen LogP contribution in [0.5, 0.6) is 0 Å². The molecule has 1 aromatic carbocycles. The number of aliphatic hydroxyl groups excluding tert-OH is 1. The number of hydrogen-bond donors (Lipinski definition) is 6. The zero-order valence-corrected chi connectivity index (χ0v) is 18.3. The highest BCUT2D eigenvalue weighted by atomic mass is 32.2. The molecule has 174 valence electrons. The highest BCUT2D eigenvalue weighted by Gasteiger charge is 2.76. The number of hydroxylamine groups is 2. The van der Waals surface area contributed by atoms with Crippen LogP contribution >= 0.6 is 0 Å². The largest absolute Gasteiger partial charge is 0.454 e. The molecule has 3 heterocycles. The summed E-state index contributed by atoms with van der Waals surface area (Å²) < 4.78 is 28.8. The van der Waals surface area contributed by atoms with Gasteiger partial charge in [0.05, 0.1) is 35.7 Å². The van der Waals surface area contributed by atoms with Crippen LogP contribution in [0.4, 0.5) is 0 Å². The highest BCUT2D eigenvalue weighted by molar-refractivity contribution is 7.90. The molecule has 3 saturated heterocycles. The molecule has 3 fully saturated rings. The molecule has 0 radical (unpaired) electrons. The Morgan fingerprint density at radius 1 is 1.34 bits per heavy atom. The summed E-state index contributed by atoms with van der Waals surface area (Å²) in [7, 11) is -3.43. The van der Waals surface area contributed by atoms with Crippen LogP contribution in [-0.2, 0) is 14.6 Å². The van der Waals surface area contributed by atoms with Crippen LogP contribution in [0.25, 0.3) is 0 Å². The van der Waals surface area contributed by atoms with Crippen molar-refractivity contribution in [2.75, 3.05) is 19.4 Å². The maximum absolute atomic E-state index is 12.8. The fourth-order valence-electron chi connectivity index (χ4n) is 4.80. The summed E-state index contributed by atoms with van der Waals surface area (Å²) in [4.78, 5) is 14.2. The predicted octanol–water partition coefficient (Wildman–Crippen LogP) is -1.59. The Bertz CT molecular complexity index is 1090. The first-order chi connectivity index (χ1) is 14.9. The minimum atomic E-state index is -3.43. The molecule has 13 heteroatoms. The van der Waals surface area contributed by atoms with Crippen molar-refractivity contribution in [2.24, 2.45) is 0 Å². The molecule has 0 bridgehead atoms. The molecule has 0 aromatic heterocycles. The first kappa shape index (κ1) is 22.3. The number of rotatable bonds is 4. The third-order valence-electron chi connectivity index (χ3n) is 6.42. The Hall–Kier alpha value is -2.87. The van der Waals surface area contributed by atoms with E-state index in [4.69, 9.17) is 10.1 Å². The fraction of sp³-hybridized carbons (Fsp3) is 0.474. The molecule has 12 nitrogen and oxygen atoms in total. The van der Waals surface area contributed by atoms with Crippen LogP contribution in [0.1, 0.15) is 17.3 Å². The van der Waals surface area contributed by atoms with Crippen molar-refractivity contribution in [1.29, 1.82) is 5.41 Å². The van der Waals surface area contributed by atoms with E-state index in [1.165, 1.54) is 36.1 Å². The van der Waals surface area contributed by atoms with Gasteiger partial charge >= 0.3 is 5.97 Å². The van der Waals surface area contributed by atoms with Gasteiger partial charge in [0.25, 0.3) is 0 Å². The van der Waals surface area contributed by atoms with E-state index in [2.05, 4.69) is 17.2 Å². The number of aliphatic hydroxyl groups is 2. The van der Waals surface area contributed by atoms with Gasteiger partial charge in [-0.15, -0.1) is 0 Å². The van der Waals surface area contributed by atoms with Gasteiger partial charge in [0.15, 0.2) is 27.6 Å². The molecule has 0 amide bonds. The summed E-state index contributed by atoms with van der Waals surface area (Å²) in [6, 6.07) is 3.63. The summed E-state index contributed by atoms with van der Waals surface area (Å²) in [6.07, 6.45) is -0.136. The number of carbonyl (C=O) groups is 1. The van der Waals surface area contributed by atoms with Crippen LogP contribution in [0, 0.1) is 5.41 Å². The lowest BCUT2D eigenvalue weighted by atomic mass is 9.79. The van der Waals surface area contributed by atoms with E-state index in [-0.39, 0.29) is 28.8 Å². The predicted molar refractivity (Wildman–Crippen MR) is 110 cm³/mol. The van der Waals surface area contributed by atoms with Gasteiger partial charge in [-0.05, 0) is 31.2 Å². The van der Waals surface area contributed by atoms with E-state index >= 15 is 0 Å². The average Bonchev–Trinajstić information content (AvgIpc) is 3.13. The number of esters is 1. The first-order valence-corrected chi connectivity index (χ1v) is 11.7. The molecule has 1 aromatic rings. The van der Waals surface area contributed by atoms with Gasteiger partial charge in [-0.1, -0.05) is 6.58 Å². The molecule has 3 aliphatic heterocycles. The molecule has 1 spiro atoms. The zero-order chi connectivity index (χ0) is 23.6. The first-order valence-electron chi connectivity index (χ1n) is 9.77.